The van der Waals surface area contributed by atoms with Gasteiger partial charge in [0, 0.05) is 11.8 Å². The lowest BCUT2D eigenvalue weighted by Gasteiger charge is -2.58. The molecular formula is C18H22O2. The number of rotatable bonds is 1. The third-order valence-electron chi connectivity index (χ3n) is 6.23. The molecule has 1 aromatic rings. The van der Waals surface area contributed by atoms with E-state index in [1.165, 1.54) is 37.7 Å². The molecule has 0 amide bonds. The van der Waals surface area contributed by atoms with Crippen LogP contribution < -0.4 is 0 Å². The third kappa shape index (κ3) is 1.52. The molecule has 2 nitrogen and oxygen atoms in total. The normalized spacial score (nSPS) is 49.1. The Bertz CT molecular complexity index is 481. The molecule has 0 N–H and O–H groups in total. The number of hydrogen-bond acceptors (Lipinski definition) is 2. The smallest absolute Gasteiger partial charge is 0.174 e. The van der Waals surface area contributed by atoms with Crippen molar-refractivity contribution >= 4 is 0 Å². The highest BCUT2D eigenvalue weighted by molar-refractivity contribution is 5.19. The SMILES string of the molecule is c1ccc([C@H]2COC3(O2)C2CC4CC(C2)CC3C4)cc1. The highest BCUT2D eigenvalue weighted by atomic mass is 16.7. The molecule has 1 spiro atoms. The minimum absolute atomic E-state index is 0.147. The predicted molar refractivity (Wildman–Crippen MR) is 76.0 cm³/mol. The van der Waals surface area contributed by atoms with E-state index in [0.717, 1.165) is 18.4 Å². The van der Waals surface area contributed by atoms with E-state index in [1.54, 1.807) is 0 Å². The van der Waals surface area contributed by atoms with Gasteiger partial charge >= 0.3 is 0 Å². The molecule has 0 radical (unpaired) electrons. The fourth-order valence-corrected chi connectivity index (χ4v) is 5.60. The van der Waals surface area contributed by atoms with Gasteiger partial charge in [-0.15, -0.1) is 0 Å². The van der Waals surface area contributed by atoms with Crippen molar-refractivity contribution in [1.29, 1.82) is 0 Å². The van der Waals surface area contributed by atoms with Gasteiger partial charge in [-0.2, -0.15) is 0 Å². The van der Waals surface area contributed by atoms with Crippen molar-refractivity contribution in [3.8, 4) is 0 Å². The molecule has 5 aliphatic rings. The molecule has 1 saturated heterocycles. The summed E-state index contributed by atoms with van der Waals surface area (Å²) in [6.45, 7) is 0.742. The van der Waals surface area contributed by atoms with E-state index in [9.17, 15) is 0 Å². The van der Waals surface area contributed by atoms with Crippen LogP contribution in [0.15, 0.2) is 30.3 Å². The molecule has 0 aromatic heterocycles. The van der Waals surface area contributed by atoms with Gasteiger partial charge in [0.1, 0.15) is 6.10 Å². The van der Waals surface area contributed by atoms with Crippen molar-refractivity contribution in [3.63, 3.8) is 0 Å². The van der Waals surface area contributed by atoms with E-state index >= 15 is 0 Å². The van der Waals surface area contributed by atoms with Crippen molar-refractivity contribution in [2.75, 3.05) is 6.61 Å². The van der Waals surface area contributed by atoms with Gasteiger partial charge in [0.25, 0.3) is 0 Å². The Morgan fingerprint density at radius 1 is 0.850 bits per heavy atom. The first-order valence-corrected chi connectivity index (χ1v) is 8.20. The van der Waals surface area contributed by atoms with Crippen LogP contribution in [0.3, 0.4) is 0 Å². The number of benzene rings is 1. The minimum Gasteiger partial charge on any atom is -0.346 e. The number of ether oxygens (including phenoxy) is 2. The molecule has 20 heavy (non-hydrogen) atoms. The van der Waals surface area contributed by atoms with Gasteiger partial charge in [0.2, 0.25) is 0 Å². The summed E-state index contributed by atoms with van der Waals surface area (Å²) in [7, 11) is 0. The highest BCUT2D eigenvalue weighted by Gasteiger charge is 2.62. The summed E-state index contributed by atoms with van der Waals surface area (Å²) in [6.07, 6.45) is 6.99. The van der Waals surface area contributed by atoms with E-state index in [4.69, 9.17) is 9.47 Å². The van der Waals surface area contributed by atoms with Gasteiger partial charge in [-0.1, -0.05) is 30.3 Å². The lowest BCUT2D eigenvalue weighted by molar-refractivity contribution is -0.294. The summed E-state index contributed by atoms with van der Waals surface area (Å²) in [5.41, 5.74) is 1.28. The van der Waals surface area contributed by atoms with Crippen molar-refractivity contribution in [3.05, 3.63) is 35.9 Å². The van der Waals surface area contributed by atoms with E-state index in [1.807, 2.05) is 0 Å². The Morgan fingerprint density at radius 2 is 1.50 bits per heavy atom. The Morgan fingerprint density at radius 3 is 2.15 bits per heavy atom. The van der Waals surface area contributed by atoms with Crippen LogP contribution >= 0.6 is 0 Å². The fourth-order valence-electron chi connectivity index (χ4n) is 5.60. The van der Waals surface area contributed by atoms with Crippen LogP contribution in [-0.2, 0) is 9.47 Å². The van der Waals surface area contributed by atoms with Crippen LogP contribution in [0.1, 0.15) is 43.8 Å². The monoisotopic (exact) mass is 270 g/mol. The van der Waals surface area contributed by atoms with Gasteiger partial charge in [0.05, 0.1) is 6.61 Å². The first kappa shape index (κ1) is 11.8. The van der Waals surface area contributed by atoms with Crippen molar-refractivity contribution in [2.24, 2.45) is 23.7 Å². The molecule has 0 unspecified atom stereocenters. The summed E-state index contributed by atoms with van der Waals surface area (Å²) in [5.74, 6) is 3.02. The maximum atomic E-state index is 6.59. The molecule has 1 atom stereocenters. The van der Waals surface area contributed by atoms with E-state index in [-0.39, 0.29) is 11.9 Å². The van der Waals surface area contributed by atoms with Gasteiger partial charge in [-0.25, -0.2) is 0 Å². The molecular weight excluding hydrogens is 248 g/mol. The quantitative estimate of drug-likeness (QED) is 0.770. The van der Waals surface area contributed by atoms with Crippen LogP contribution in [0.2, 0.25) is 0 Å². The Hall–Kier alpha value is -0.860. The Kier molecular flexibility index (Phi) is 2.40. The molecule has 4 aliphatic carbocycles. The lowest BCUT2D eigenvalue weighted by atomic mass is 9.53. The van der Waals surface area contributed by atoms with E-state index < -0.39 is 0 Å². The van der Waals surface area contributed by atoms with E-state index in [0.29, 0.717) is 11.8 Å². The molecule has 4 saturated carbocycles. The van der Waals surface area contributed by atoms with Crippen LogP contribution in [0, 0.1) is 23.7 Å². The third-order valence-corrected chi connectivity index (χ3v) is 6.23. The topological polar surface area (TPSA) is 18.5 Å². The summed E-state index contributed by atoms with van der Waals surface area (Å²) >= 11 is 0. The van der Waals surface area contributed by atoms with Crippen LogP contribution in [0.25, 0.3) is 0 Å². The van der Waals surface area contributed by atoms with Crippen molar-refractivity contribution < 1.29 is 9.47 Å². The molecule has 1 aromatic carbocycles. The largest absolute Gasteiger partial charge is 0.346 e. The summed E-state index contributed by atoms with van der Waals surface area (Å²) < 4.78 is 13.0. The van der Waals surface area contributed by atoms with E-state index in [2.05, 4.69) is 30.3 Å². The Balaban J connectivity index is 1.45. The fraction of sp³-hybridized carbons (Fsp3) is 0.667. The maximum absolute atomic E-state index is 6.59. The molecule has 6 rings (SSSR count). The van der Waals surface area contributed by atoms with Crippen LogP contribution in [0.4, 0.5) is 0 Å². The molecule has 1 aliphatic heterocycles. The molecule has 2 heteroatoms. The van der Waals surface area contributed by atoms with Crippen LogP contribution in [0.5, 0.6) is 0 Å². The van der Waals surface area contributed by atoms with Crippen LogP contribution in [-0.4, -0.2) is 12.4 Å². The highest BCUT2D eigenvalue weighted by Crippen LogP contribution is 2.62. The number of hydrogen-bond donors (Lipinski definition) is 0. The average molecular weight is 270 g/mol. The predicted octanol–water partition coefficient (Wildman–Crippen LogP) is 3.93. The summed E-state index contributed by atoms with van der Waals surface area (Å²) in [4.78, 5) is 0. The molecule has 106 valence electrons. The first-order chi connectivity index (χ1) is 9.83. The Labute approximate surface area is 120 Å². The second-order valence-electron chi connectivity index (χ2n) is 7.35. The zero-order chi connectivity index (χ0) is 13.2. The lowest BCUT2D eigenvalue weighted by Crippen LogP contribution is -2.58. The standard InChI is InChI=1S/C18H22O2/c1-2-4-14(5-3-1)17-11-19-18(20-17)15-7-12-6-13(9-15)10-16(18)8-12/h1-5,12-13,15-17H,6-11H2/t12?,13?,15?,16?,17-,18?/m1/s1. The van der Waals surface area contributed by atoms with Gasteiger partial charge in [-0.05, 0) is 49.5 Å². The second kappa shape index (κ2) is 4.08. The zero-order valence-electron chi connectivity index (χ0n) is 11.8. The second-order valence-corrected chi connectivity index (χ2v) is 7.35. The van der Waals surface area contributed by atoms with Gasteiger partial charge in [-0.3, -0.25) is 0 Å². The maximum Gasteiger partial charge on any atom is 0.174 e. The van der Waals surface area contributed by atoms with Crippen molar-refractivity contribution in [2.45, 2.75) is 44.0 Å². The minimum atomic E-state index is -0.228. The summed E-state index contributed by atoms with van der Waals surface area (Å²) in [5, 5.41) is 0. The molecule has 4 bridgehead atoms. The summed E-state index contributed by atoms with van der Waals surface area (Å²) in [6, 6.07) is 10.6. The van der Waals surface area contributed by atoms with Gasteiger partial charge < -0.3 is 9.47 Å². The average Bonchev–Trinajstić information content (AvgIpc) is 2.91. The zero-order valence-corrected chi connectivity index (χ0v) is 11.8. The first-order valence-electron chi connectivity index (χ1n) is 8.20. The molecule has 5 fully saturated rings. The van der Waals surface area contributed by atoms with Crippen molar-refractivity contribution in [1.82, 2.24) is 0 Å². The van der Waals surface area contributed by atoms with Gasteiger partial charge in [0.15, 0.2) is 5.79 Å². The molecule has 1 heterocycles.